The fourth-order valence-corrected chi connectivity index (χ4v) is 5.02. The highest BCUT2D eigenvalue weighted by Gasteiger charge is 2.35. The van der Waals surface area contributed by atoms with Gasteiger partial charge in [0.05, 0.1) is 17.1 Å². The lowest BCUT2D eigenvalue weighted by molar-refractivity contribution is -0.127. The highest BCUT2D eigenvalue weighted by atomic mass is 32.1. The van der Waals surface area contributed by atoms with Crippen LogP contribution in [0, 0.1) is 5.82 Å². The monoisotopic (exact) mass is 493 g/mol. The summed E-state index contributed by atoms with van der Waals surface area (Å²) in [6.45, 7) is -0.384. The molecule has 1 aliphatic rings. The van der Waals surface area contributed by atoms with Gasteiger partial charge in [0.15, 0.2) is 0 Å². The van der Waals surface area contributed by atoms with Crippen molar-refractivity contribution in [3.8, 4) is 0 Å². The number of carbonyl (C=O) groups is 3. The van der Waals surface area contributed by atoms with Gasteiger partial charge in [-0.05, 0) is 42.0 Å². The van der Waals surface area contributed by atoms with Crippen LogP contribution in [0.1, 0.15) is 53.4 Å². The van der Waals surface area contributed by atoms with Crippen LogP contribution in [-0.2, 0) is 9.59 Å². The van der Waals surface area contributed by atoms with Crippen molar-refractivity contribution in [1.29, 1.82) is 0 Å². The van der Waals surface area contributed by atoms with Crippen LogP contribution in [0.5, 0.6) is 0 Å². The number of carbonyl (C=O) groups excluding carboxylic acids is 3. The number of hydrogen-bond acceptors (Lipinski definition) is 4. The Balaban J connectivity index is 1.67. The lowest BCUT2D eigenvalue weighted by atomic mass is 9.94. The van der Waals surface area contributed by atoms with Crippen LogP contribution in [0.4, 0.5) is 10.1 Å². The van der Waals surface area contributed by atoms with Crippen LogP contribution < -0.4 is 15.5 Å². The maximum atomic E-state index is 15.0. The average Bonchev–Trinajstić information content (AvgIpc) is 3.42. The molecule has 0 saturated heterocycles. The van der Waals surface area contributed by atoms with Crippen molar-refractivity contribution in [2.75, 3.05) is 11.4 Å². The second-order valence-electron chi connectivity index (χ2n) is 8.53. The van der Waals surface area contributed by atoms with Gasteiger partial charge in [-0.3, -0.25) is 19.3 Å². The lowest BCUT2D eigenvalue weighted by Gasteiger charge is -2.33. The molecule has 0 spiro atoms. The molecule has 1 heterocycles. The molecule has 6 nitrogen and oxygen atoms in total. The third-order valence-corrected chi connectivity index (χ3v) is 6.97. The molecular formula is C27H28FN3O3S. The molecule has 3 amide bonds. The summed E-state index contributed by atoms with van der Waals surface area (Å²) < 4.78 is 15.0. The van der Waals surface area contributed by atoms with Crippen LogP contribution in [0.2, 0.25) is 0 Å². The molecular weight excluding hydrogens is 465 g/mol. The van der Waals surface area contributed by atoms with E-state index in [0.29, 0.717) is 10.4 Å². The molecule has 2 N–H and O–H groups in total. The van der Waals surface area contributed by atoms with E-state index in [1.165, 1.54) is 29.5 Å². The number of para-hydroxylation sites is 1. The summed E-state index contributed by atoms with van der Waals surface area (Å²) in [4.78, 5) is 41.3. The van der Waals surface area contributed by atoms with Gasteiger partial charge in [0.25, 0.3) is 5.91 Å². The Kier molecular flexibility index (Phi) is 8.26. The molecule has 182 valence electrons. The van der Waals surface area contributed by atoms with Gasteiger partial charge in [-0.15, -0.1) is 11.3 Å². The molecule has 3 aromatic rings. The first-order valence-corrected chi connectivity index (χ1v) is 12.7. The van der Waals surface area contributed by atoms with Crippen molar-refractivity contribution >= 4 is 34.7 Å². The van der Waals surface area contributed by atoms with E-state index in [-0.39, 0.29) is 24.2 Å². The standard InChI is InChI=1S/C27H28FN3O3S/c28-21-14-7-8-15-22(21)31(24(32)18-29-26(33)23-16-9-17-35-23)25(19-10-3-1-4-11-19)27(34)30-20-12-5-2-6-13-20/h1,3-4,7-11,14-17,20,25H,2,5-6,12-13,18H2,(H,29,33)(H,30,34)/t25-/m1/s1. The number of nitrogens with one attached hydrogen (secondary N) is 2. The Bertz CT molecular complexity index is 1150. The van der Waals surface area contributed by atoms with Crippen LogP contribution in [0.15, 0.2) is 72.1 Å². The van der Waals surface area contributed by atoms with Gasteiger partial charge in [-0.25, -0.2) is 4.39 Å². The minimum atomic E-state index is -1.10. The number of anilines is 1. The fourth-order valence-electron chi connectivity index (χ4n) is 4.38. The van der Waals surface area contributed by atoms with Gasteiger partial charge in [0, 0.05) is 6.04 Å². The van der Waals surface area contributed by atoms with Crippen molar-refractivity contribution in [1.82, 2.24) is 10.6 Å². The molecule has 8 heteroatoms. The van der Waals surface area contributed by atoms with E-state index in [1.54, 1.807) is 47.8 Å². The summed E-state index contributed by atoms with van der Waals surface area (Å²) in [6.07, 6.45) is 4.95. The van der Waals surface area contributed by atoms with E-state index in [0.717, 1.165) is 37.0 Å². The summed E-state index contributed by atoms with van der Waals surface area (Å²) in [7, 11) is 0. The van der Waals surface area contributed by atoms with Gasteiger partial charge in [-0.2, -0.15) is 0 Å². The van der Waals surface area contributed by atoms with Crippen LogP contribution in [-0.4, -0.2) is 30.3 Å². The topological polar surface area (TPSA) is 78.5 Å². The Morgan fingerprint density at radius 3 is 2.34 bits per heavy atom. The molecule has 0 bridgehead atoms. The molecule has 0 aliphatic heterocycles. The van der Waals surface area contributed by atoms with E-state index >= 15 is 4.39 Å². The van der Waals surface area contributed by atoms with Crippen molar-refractivity contribution < 1.29 is 18.8 Å². The molecule has 0 radical (unpaired) electrons. The summed E-state index contributed by atoms with van der Waals surface area (Å²) in [5.41, 5.74) is 0.539. The largest absolute Gasteiger partial charge is 0.351 e. The van der Waals surface area contributed by atoms with E-state index in [1.807, 2.05) is 6.07 Å². The molecule has 1 aromatic heterocycles. The quantitative estimate of drug-likeness (QED) is 0.471. The number of rotatable bonds is 8. The first-order valence-electron chi connectivity index (χ1n) is 11.8. The smallest absolute Gasteiger partial charge is 0.261 e. The average molecular weight is 494 g/mol. The van der Waals surface area contributed by atoms with Crippen molar-refractivity contribution in [2.45, 2.75) is 44.2 Å². The number of halogens is 1. The highest BCUT2D eigenvalue weighted by molar-refractivity contribution is 7.12. The SMILES string of the molecule is O=C(NCC(=O)N(c1ccccc1F)[C@@H](C(=O)NC1CCCCC1)c1ccccc1)c1cccs1. The second kappa shape index (κ2) is 11.8. The van der Waals surface area contributed by atoms with Crippen LogP contribution in [0.25, 0.3) is 0 Å². The van der Waals surface area contributed by atoms with E-state index in [2.05, 4.69) is 10.6 Å². The predicted octanol–water partition coefficient (Wildman–Crippen LogP) is 4.84. The number of amides is 3. The first kappa shape index (κ1) is 24.6. The second-order valence-corrected chi connectivity index (χ2v) is 9.48. The predicted molar refractivity (Wildman–Crippen MR) is 135 cm³/mol. The Labute approximate surface area is 208 Å². The number of thiophene rings is 1. The number of nitrogens with zero attached hydrogens (tertiary/aromatic N) is 1. The normalized spacial score (nSPS) is 14.7. The lowest BCUT2D eigenvalue weighted by Crippen LogP contribution is -2.50. The van der Waals surface area contributed by atoms with Gasteiger partial charge >= 0.3 is 0 Å². The summed E-state index contributed by atoms with van der Waals surface area (Å²) in [6, 6.07) is 17.0. The van der Waals surface area contributed by atoms with Crippen molar-refractivity contribution in [3.63, 3.8) is 0 Å². The third-order valence-electron chi connectivity index (χ3n) is 6.10. The van der Waals surface area contributed by atoms with E-state index in [4.69, 9.17) is 0 Å². The first-order chi connectivity index (χ1) is 17.0. The summed E-state index contributed by atoms with van der Waals surface area (Å²) in [5, 5.41) is 7.46. The molecule has 2 aromatic carbocycles. The van der Waals surface area contributed by atoms with Crippen LogP contribution >= 0.6 is 11.3 Å². The number of benzene rings is 2. The summed E-state index contributed by atoms with van der Waals surface area (Å²) in [5.74, 6) is -1.99. The van der Waals surface area contributed by atoms with E-state index < -0.39 is 23.7 Å². The van der Waals surface area contributed by atoms with Crippen molar-refractivity contribution in [2.24, 2.45) is 0 Å². The Hall–Kier alpha value is -3.52. The van der Waals surface area contributed by atoms with Crippen LogP contribution in [0.3, 0.4) is 0 Å². The molecule has 1 fully saturated rings. The zero-order chi connectivity index (χ0) is 24.6. The molecule has 1 aliphatic carbocycles. The maximum absolute atomic E-state index is 15.0. The molecule has 35 heavy (non-hydrogen) atoms. The summed E-state index contributed by atoms with van der Waals surface area (Å²) >= 11 is 1.26. The zero-order valence-electron chi connectivity index (χ0n) is 19.3. The van der Waals surface area contributed by atoms with Gasteiger partial charge in [0.1, 0.15) is 11.9 Å². The zero-order valence-corrected chi connectivity index (χ0v) is 20.1. The van der Waals surface area contributed by atoms with Gasteiger partial charge in [-0.1, -0.05) is 67.8 Å². The number of hydrogen-bond donors (Lipinski definition) is 2. The van der Waals surface area contributed by atoms with E-state index in [9.17, 15) is 14.4 Å². The Morgan fingerprint density at radius 2 is 1.66 bits per heavy atom. The third kappa shape index (κ3) is 6.14. The molecule has 1 atom stereocenters. The van der Waals surface area contributed by atoms with Gasteiger partial charge in [0.2, 0.25) is 11.8 Å². The minimum absolute atomic E-state index is 0.0126. The maximum Gasteiger partial charge on any atom is 0.261 e. The molecule has 1 saturated carbocycles. The van der Waals surface area contributed by atoms with Gasteiger partial charge < -0.3 is 10.6 Å². The minimum Gasteiger partial charge on any atom is -0.351 e. The Morgan fingerprint density at radius 1 is 0.943 bits per heavy atom. The molecule has 4 rings (SSSR count). The highest BCUT2D eigenvalue weighted by Crippen LogP contribution is 2.31. The van der Waals surface area contributed by atoms with Crippen molar-refractivity contribution in [3.05, 3.63) is 88.4 Å². The molecule has 0 unspecified atom stereocenters. The fraction of sp³-hybridized carbons (Fsp3) is 0.296.